The molecule has 1 aliphatic carbocycles. The van der Waals surface area contributed by atoms with E-state index >= 15 is 0 Å². The van der Waals surface area contributed by atoms with E-state index in [2.05, 4.69) is 4.98 Å². The first-order valence-electron chi connectivity index (χ1n) is 6.85. The Morgan fingerprint density at radius 1 is 1.16 bits per heavy atom. The molecule has 1 saturated carbocycles. The molecule has 1 aromatic rings. The van der Waals surface area contributed by atoms with Crippen LogP contribution in [-0.4, -0.2) is 23.3 Å². The molecule has 19 heavy (non-hydrogen) atoms. The number of pyridine rings is 1. The van der Waals surface area contributed by atoms with Crippen molar-refractivity contribution in [1.82, 2.24) is 4.98 Å². The van der Waals surface area contributed by atoms with Crippen LogP contribution >= 0.6 is 0 Å². The van der Waals surface area contributed by atoms with Crippen molar-refractivity contribution < 1.29 is 9.31 Å². The molecule has 0 spiro atoms. The Labute approximate surface area is 114 Å². The molecule has 0 amide bonds. The molecule has 3 rings (SSSR count). The molecular formula is C14H21BN2O2. The first kappa shape index (κ1) is 13.1. The zero-order valence-corrected chi connectivity index (χ0v) is 12.1. The normalized spacial score (nSPS) is 26.5. The molecule has 1 saturated heterocycles. The molecule has 0 bridgehead atoms. The molecule has 2 aliphatic rings. The Balaban J connectivity index is 1.88. The molecule has 0 radical (unpaired) electrons. The maximum atomic E-state index is 6.23. The molecule has 1 aliphatic heterocycles. The van der Waals surface area contributed by atoms with Crippen LogP contribution in [0.25, 0.3) is 0 Å². The van der Waals surface area contributed by atoms with Crippen LogP contribution in [0.2, 0.25) is 0 Å². The molecule has 2 heterocycles. The number of hydrogen-bond donors (Lipinski definition) is 1. The summed E-state index contributed by atoms with van der Waals surface area (Å²) in [6, 6.07) is 4.01. The summed E-state index contributed by atoms with van der Waals surface area (Å²) < 4.78 is 12.0. The van der Waals surface area contributed by atoms with Crippen molar-refractivity contribution in [2.75, 3.05) is 0 Å². The fourth-order valence-electron chi connectivity index (χ4n) is 2.27. The van der Waals surface area contributed by atoms with Gasteiger partial charge in [0.1, 0.15) is 0 Å². The quantitative estimate of drug-likeness (QED) is 0.815. The predicted molar refractivity (Wildman–Crippen MR) is 75.1 cm³/mol. The number of hydrogen-bond acceptors (Lipinski definition) is 4. The van der Waals surface area contributed by atoms with Gasteiger partial charge in [0.2, 0.25) is 0 Å². The minimum atomic E-state index is -0.410. The van der Waals surface area contributed by atoms with Crippen molar-refractivity contribution in [2.24, 2.45) is 5.73 Å². The highest BCUT2D eigenvalue weighted by Gasteiger charge is 2.52. The zero-order chi connectivity index (χ0) is 13.9. The molecule has 2 fully saturated rings. The van der Waals surface area contributed by atoms with E-state index in [-0.39, 0.29) is 16.7 Å². The minimum Gasteiger partial charge on any atom is -0.398 e. The van der Waals surface area contributed by atoms with E-state index in [4.69, 9.17) is 15.0 Å². The van der Waals surface area contributed by atoms with Crippen molar-refractivity contribution in [3.63, 3.8) is 0 Å². The van der Waals surface area contributed by atoms with E-state index in [0.29, 0.717) is 0 Å². The lowest BCUT2D eigenvalue weighted by molar-refractivity contribution is 0.00578. The van der Waals surface area contributed by atoms with Crippen LogP contribution in [0.1, 0.15) is 46.1 Å². The lowest BCUT2D eigenvalue weighted by Crippen LogP contribution is -2.41. The molecule has 0 atom stereocenters. The number of nitrogens with zero attached hydrogens (tertiary/aromatic N) is 1. The van der Waals surface area contributed by atoms with Gasteiger partial charge in [-0.1, -0.05) is 0 Å². The van der Waals surface area contributed by atoms with Crippen LogP contribution in [0.4, 0.5) is 0 Å². The van der Waals surface area contributed by atoms with Gasteiger partial charge < -0.3 is 15.0 Å². The van der Waals surface area contributed by atoms with E-state index in [0.717, 1.165) is 24.0 Å². The fourth-order valence-corrected chi connectivity index (χ4v) is 2.27. The van der Waals surface area contributed by atoms with Gasteiger partial charge in [-0.15, -0.1) is 0 Å². The highest BCUT2D eigenvalue weighted by atomic mass is 16.7. The largest absolute Gasteiger partial charge is 0.514 e. The van der Waals surface area contributed by atoms with E-state index in [1.807, 2.05) is 39.8 Å². The Hall–Kier alpha value is -0.905. The van der Waals surface area contributed by atoms with Gasteiger partial charge in [0.05, 0.1) is 16.8 Å². The first-order chi connectivity index (χ1) is 8.74. The van der Waals surface area contributed by atoms with Crippen molar-refractivity contribution in [2.45, 2.75) is 57.3 Å². The summed E-state index contributed by atoms with van der Waals surface area (Å²) in [5.74, 6) is 0. The van der Waals surface area contributed by atoms with Crippen LogP contribution < -0.4 is 11.3 Å². The molecule has 102 valence electrons. The first-order valence-corrected chi connectivity index (χ1v) is 6.85. The van der Waals surface area contributed by atoms with Crippen molar-refractivity contribution in [3.8, 4) is 0 Å². The summed E-state index contributed by atoms with van der Waals surface area (Å²) in [4.78, 5) is 4.39. The van der Waals surface area contributed by atoms with Crippen molar-refractivity contribution in [3.05, 3.63) is 23.9 Å². The molecule has 0 unspecified atom stereocenters. The average molecular weight is 260 g/mol. The standard InChI is InChI=1S/C14H21BN2O2/c1-12(2)13(3,4)19-15(18-12)11-9-10(5-8-17-11)14(16)6-7-14/h5,8-9H,6-7,16H2,1-4H3. The highest BCUT2D eigenvalue weighted by Crippen LogP contribution is 2.42. The summed E-state index contributed by atoms with van der Waals surface area (Å²) in [6.45, 7) is 8.18. The summed E-state index contributed by atoms with van der Waals surface area (Å²) in [7, 11) is -0.410. The number of rotatable bonds is 2. The summed E-state index contributed by atoms with van der Waals surface area (Å²) in [5.41, 5.74) is 7.35. The lowest BCUT2D eigenvalue weighted by Gasteiger charge is -2.32. The van der Waals surface area contributed by atoms with Crippen LogP contribution in [0.5, 0.6) is 0 Å². The van der Waals surface area contributed by atoms with Crippen molar-refractivity contribution in [1.29, 1.82) is 0 Å². The number of nitrogens with two attached hydrogens (primary N) is 1. The second-order valence-electron chi connectivity index (χ2n) is 6.71. The van der Waals surface area contributed by atoms with Gasteiger partial charge in [-0.05, 0) is 58.2 Å². The van der Waals surface area contributed by atoms with Crippen LogP contribution in [0.3, 0.4) is 0 Å². The Morgan fingerprint density at radius 3 is 2.26 bits per heavy atom. The fraction of sp³-hybridized carbons (Fsp3) is 0.643. The maximum absolute atomic E-state index is 6.23. The topological polar surface area (TPSA) is 57.4 Å². The maximum Gasteiger partial charge on any atom is 0.514 e. The third kappa shape index (κ3) is 2.10. The van der Waals surface area contributed by atoms with Gasteiger partial charge in [-0.25, -0.2) is 0 Å². The van der Waals surface area contributed by atoms with Gasteiger partial charge in [0.25, 0.3) is 0 Å². The lowest BCUT2D eigenvalue weighted by atomic mass is 9.82. The average Bonchev–Trinajstić information content (AvgIpc) is 3.02. The van der Waals surface area contributed by atoms with Gasteiger partial charge in [-0.3, -0.25) is 4.98 Å². The van der Waals surface area contributed by atoms with E-state index in [1.54, 1.807) is 6.20 Å². The highest BCUT2D eigenvalue weighted by molar-refractivity contribution is 6.61. The number of aromatic nitrogens is 1. The third-order valence-electron chi connectivity index (χ3n) is 4.64. The second-order valence-corrected chi connectivity index (χ2v) is 6.71. The molecular weight excluding hydrogens is 239 g/mol. The molecule has 2 N–H and O–H groups in total. The van der Waals surface area contributed by atoms with E-state index in [9.17, 15) is 0 Å². The van der Waals surface area contributed by atoms with E-state index < -0.39 is 7.12 Å². The van der Waals surface area contributed by atoms with Gasteiger partial charge in [0.15, 0.2) is 0 Å². The molecule has 1 aromatic heterocycles. The van der Waals surface area contributed by atoms with Crippen LogP contribution in [0.15, 0.2) is 18.3 Å². The van der Waals surface area contributed by atoms with Crippen LogP contribution in [-0.2, 0) is 14.8 Å². The zero-order valence-electron chi connectivity index (χ0n) is 12.1. The summed E-state index contributed by atoms with van der Waals surface area (Å²) in [5, 5.41) is 0. The van der Waals surface area contributed by atoms with Gasteiger partial charge in [-0.2, -0.15) is 0 Å². The smallest absolute Gasteiger partial charge is 0.398 e. The Bertz CT molecular complexity index is 496. The van der Waals surface area contributed by atoms with Crippen LogP contribution in [0, 0.1) is 0 Å². The van der Waals surface area contributed by atoms with E-state index in [1.165, 1.54) is 0 Å². The third-order valence-corrected chi connectivity index (χ3v) is 4.64. The van der Waals surface area contributed by atoms with Crippen molar-refractivity contribution >= 4 is 12.7 Å². The Kier molecular flexibility index (Phi) is 2.63. The van der Waals surface area contributed by atoms with Gasteiger partial charge >= 0.3 is 7.12 Å². The molecule has 5 heteroatoms. The summed E-state index contributed by atoms with van der Waals surface area (Å²) >= 11 is 0. The monoisotopic (exact) mass is 260 g/mol. The molecule has 4 nitrogen and oxygen atoms in total. The minimum absolute atomic E-state index is 0.151. The van der Waals surface area contributed by atoms with Gasteiger partial charge in [0, 0.05) is 11.7 Å². The molecule has 0 aromatic carbocycles. The predicted octanol–water partition coefficient (Wildman–Crippen LogP) is 1.33. The summed E-state index contributed by atoms with van der Waals surface area (Å²) in [6.07, 6.45) is 3.88. The Morgan fingerprint density at radius 2 is 1.74 bits per heavy atom. The SMILES string of the molecule is CC1(C)OB(c2cc(C3(N)CC3)ccn2)OC1(C)C. The second kappa shape index (κ2) is 3.81.